The topological polar surface area (TPSA) is 159 Å². The monoisotopic (exact) mass is 556 g/mol. The molecule has 0 bridgehead atoms. The van der Waals surface area contributed by atoms with Crippen LogP contribution in [0.4, 0.5) is 5.69 Å². The minimum atomic E-state index is -0.159. The van der Waals surface area contributed by atoms with Crippen LogP contribution in [0.3, 0.4) is 0 Å². The molecule has 2 saturated heterocycles. The van der Waals surface area contributed by atoms with Crippen LogP contribution in [0.1, 0.15) is 47.9 Å². The van der Waals surface area contributed by atoms with Crippen LogP contribution in [0.15, 0.2) is 24.8 Å². The number of piperidine rings is 2. The fourth-order valence-electron chi connectivity index (χ4n) is 4.37. The number of pyridine rings is 2. The van der Waals surface area contributed by atoms with Gasteiger partial charge in [-0.25, -0.2) is 0 Å². The zero-order valence-electron chi connectivity index (χ0n) is 22.2. The van der Waals surface area contributed by atoms with E-state index in [1.165, 1.54) is 16.8 Å². The van der Waals surface area contributed by atoms with Crippen molar-refractivity contribution in [1.82, 2.24) is 15.3 Å². The number of carbonyl (C=O) groups is 2. The number of hydrogen-bond donors (Lipinski definition) is 3. The Bertz CT molecular complexity index is 954. The average Bonchev–Trinajstić information content (AvgIpc) is 2.84. The third kappa shape index (κ3) is 10.8. The Hall–Kier alpha value is -2.46. The molecule has 11 heteroatoms. The zero-order valence-corrected chi connectivity index (χ0v) is 23.8. The number of amides is 2. The molecule has 4 rings (SSSR count). The summed E-state index contributed by atoms with van der Waals surface area (Å²) in [7, 11) is 0. The van der Waals surface area contributed by atoms with E-state index in [9.17, 15) is 9.59 Å². The largest absolute Gasteiger partial charge is 0.412 e. The van der Waals surface area contributed by atoms with Crippen molar-refractivity contribution in [3.05, 3.63) is 52.1 Å². The van der Waals surface area contributed by atoms with Crippen molar-refractivity contribution in [1.29, 1.82) is 0 Å². The van der Waals surface area contributed by atoms with Crippen LogP contribution in [-0.4, -0.2) is 53.4 Å². The van der Waals surface area contributed by atoms with Crippen molar-refractivity contribution in [2.75, 3.05) is 31.1 Å². The van der Waals surface area contributed by atoms with E-state index in [0.717, 1.165) is 68.0 Å². The second kappa shape index (κ2) is 17.1. The van der Waals surface area contributed by atoms with E-state index in [4.69, 9.17) is 23.1 Å². The summed E-state index contributed by atoms with van der Waals surface area (Å²) in [6.07, 6.45) is 10.8. The highest BCUT2D eigenvalue weighted by Crippen LogP contribution is 2.28. The molecule has 0 aliphatic carbocycles. The summed E-state index contributed by atoms with van der Waals surface area (Å²) in [4.78, 5) is 32.2. The van der Waals surface area contributed by atoms with Crippen LogP contribution < -0.4 is 21.7 Å². The number of primary amides is 2. The lowest BCUT2D eigenvalue weighted by molar-refractivity contribution is -0.123. The van der Waals surface area contributed by atoms with E-state index in [-0.39, 0.29) is 41.5 Å². The van der Waals surface area contributed by atoms with Gasteiger partial charge in [-0.05, 0) is 88.7 Å². The first-order valence-electron chi connectivity index (χ1n) is 12.1. The van der Waals surface area contributed by atoms with E-state index in [1.807, 2.05) is 26.2 Å². The molecule has 0 aromatic carbocycles. The number of hydrogen-bond acceptors (Lipinski definition) is 6. The summed E-state index contributed by atoms with van der Waals surface area (Å²) in [5.41, 5.74) is 16.2. The quantitative estimate of drug-likeness (QED) is 0.526. The van der Waals surface area contributed by atoms with Gasteiger partial charge in [-0.3, -0.25) is 19.6 Å². The van der Waals surface area contributed by atoms with Gasteiger partial charge in [0.2, 0.25) is 11.8 Å². The smallest absolute Gasteiger partial charge is 0.220 e. The van der Waals surface area contributed by atoms with Crippen molar-refractivity contribution >= 4 is 41.5 Å². The van der Waals surface area contributed by atoms with Crippen molar-refractivity contribution in [2.45, 2.75) is 53.4 Å². The highest BCUT2D eigenvalue weighted by molar-refractivity contribution is 6.32. The van der Waals surface area contributed by atoms with Crippen molar-refractivity contribution in [3.8, 4) is 0 Å². The standard InChI is InChI=1S/C13H19N3O.C7H8ClN.C6H12N2O.ClH.H2O/c1-9-7-15-8-10(2)12(9)16-5-3-11(4-6-16)13(14)17;1-5-3-9-4-6(2)7(5)8;7-6(9)5-1-3-8-4-2-5;;/h7-8,11H,3-6H2,1-2H3,(H2,14,17);3-4H,1-2H3;5,8H,1-4H2,(H2,7,9);1H;1H2. The van der Waals surface area contributed by atoms with Crippen molar-refractivity contribution < 1.29 is 15.1 Å². The van der Waals surface area contributed by atoms with Crippen LogP contribution in [-0.2, 0) is 9.59 Å². The second-order valence-electron chi connectivity index (χ2n) is 9.30. The van der Waals surface area contributed by atoms with Gasteiger partial charge in [0.05, 0.1) is 0 Å². The van der Waals surface area contributed by atoms with Crippen LogP contribution in [0.5, 0.6) is 0 Å². The Labute approximate surface area is 231 Å². The number of halogens is 2. The molecule has 2 aliphatic rings. The normalized spacial score (nSPS) is 15.5. The second-order valence-corrected chi connectivity index (χ2v) is 9.68. The molecular weight excluding hydrogens is 515 g/mol. The van der Waals surface area contributed by atoms with Gasteiger partial charge in [-0.15, -0.1) is 12.4 Å². The van der Waals surface area contributed by atoms with E-state index in [0.29, 0.717) is 0 Å². The molecule has 2 aliphatic heterocycles. The van der Waals surface area contributed by atoms with E-state index in [2.05, 4.69) is 34.0 Å². The molecule has 0 atom stereocenters. The van der Waals surface area contributed by atoms with Crippen molar-refractivity contribution in [3.63, 3.8) is 0 Å². The van der Waals surface area contributed by atoms with Gasteiger partial charge in [0.1, 0.15) is 0 Å². The lowest BCUT2D eigenvalue weighted by Gasteiger charge is -2.34. The fourth-order valence-corrected chi connectivity index (χ4v) is 4.47. The summed E-state index contributed by atoms with van der Waals surface area (Å²) >= 11 is 5.84. The number of aryl methyl sites for hydroxylation is 4. The predicted octanol–water partition coefficient (Wildman–Crippen LogP) is 2.82. The first-order valence-corrected chi connectivity index (χ1v) is 12.5. The van der Waals surface area contributed by atoms with Crippen LogP contribution >= 0.6 is 24.0 Å². The molecule has 0 radical (unpaired) electrons. The molecule has 7 N–H and O–H groups in total. The molecule has 0 saturated carbocycles. The molecule has 2 aromatic rings. The molecule has 208 valence electrons. The Morgan fingerprint density at radius 2 is 1.19 bits per heavy atom. The average molecular weight is 558 g/mol. The maximum Gasteiger partial charge on any atom is 0.220 e. The third-order valence-corrected chi connectivity index (χ3v) is 7.06. The number of nitrogens with one attached hydrogen (secondary N) is 1. The number of anilines is 1. The van der Waals surface area contributed by atoms with Gasteiger partial charge in [-0.1, -0.05) is 11.6 Å². The Morgan fingerprint density at radius 3 is 1.54 bits per heavy atom. The van der Waals surface area contributed by atoms with Crippen LogP contribution in [0.25, 0.3) is 0 Å². The predicted molar refractivity (Wildman–Crippen MR) is 152 cm³/mol. The van der Waals surface area contributed by atoms with Gasteiger partial charge in [0, 0.05) is 60.4 Å². The maximum absolute atomic E-state index is 11.1. The molecule has 2 fully saturated rings. The summed E-state index contributed by atoms with van der Waals surface area (Å²) in [6.45, 7) is 11.7. The number of aromatic nitrogens is 2. The molecule has 2 aromatic heterocycles. The Kier molecular flexibility index (Phi) is 16.0. The molecular formula is C26H42Cl2N6O3. The lowest BCUT2D eigenvalue weighted by Crippen LogP contribution is -2.39. The highest BCUT2D eigenvalue weighted by atomic mass is 35.5. The minimum Gasteiger partial charge on any atom is -0.412 e. The number of nitrogens with zero attached hydrogens (tertiary/aromatic N) is 3. The summed E-state index contributed by atoms with van der Waals surface area (Å²) in [5.74, 6) is -0.121. The number of rotatable bonds is 3. The molecule has 0 spiro atoms. The van der Waals surface area contributed by atoms with E-state index >= 15 is 0 Å². The highest BCUT2D eigenvalue weighted by Gasteiger charge is 2.24. The van der Waals surface area contributed by atoms with E-state index < -0.39 is 0 Å². The molecule has 2 amide bonds. The van der Waals surface area contributed by atoms with Gasteiger partial charge >= 0.3 is 0 Å². The molecule has 37 heavy (non-hydrogen) atoms. The van der Waals surface area contributed by atoms with Gasteiger partial charge in [-0.2, -0.15) is 0 Å². The first kappa shape index (κ1) is 34.5. The van der Waals surface area contributed by atoms with Gasteiger partial charge < -0.3 is 27.2 Å². The SMILES string of the molecule is Cc1cncc(C)c1Cl.Cc1cncc(C)c1N1CCC(C(N)=O)CC1.Cl.NC(=O)C1CCNCC1.O. The lowest BCUT2D eigenvalue weighted by atomic mass is 9.95. The van der Waals surface area contributed by atoms with Crippen LogP contribution in [0.2, 0.25) is 5.02 Å². The number of nitrogens with two attached hydrogens (primary N) is 2. The number of carbonyl (C=O) groups excluding carboxylic acids is 2. The molecule has 4 heterocycles. The summed E-state index contributed by atoms with van der Waals surface area (Å²) in [5, 5.41) is 3.99. The Balaban J connectivity index is 0.000000555. The van der Waals surface area contributed by atoms with Crippen LogP contribution in [0, 0.1) is 39.5 Å². The maximum atomic E-state index is 11.1. The summed E-state index contributed by atoms with van der Waals surface area (Å²) < 4.78 is 0. The van der Waals surface area contributed by atoms with Gasteiger partial charge in [0.25, 0.3) is 0 Å². The van der Waals surface area contributed by atoms with E-state index in [1.54, 1.807) is 12.4 Å². The first-order chi connectivity index (χ1) is 16.6. The fraction of sp³-hybridized carbons (Fsp3) is 0.538. The molecule has 9 nitrogen and oxygen atoms in total. The minimum absolute atomic E-state index is 0. The Morgan fingerprint density at radius 1 is 0.811 bits per heavy atom. The molecule has 0 unspecified atom stereocenters. The van der Waals surface area contributed by atoms with Crippen molar-refractivity contribution in [2.24, 2.45) is 23.3 Å². The zero-order chi connectivity index (χ0) is 26.0. The third-order valence-electron chi connectivity index (χ3n) is 6.47. The summed E-state index contributed by atoms with van der Waals surface area (Å²) in [6, 6.07) is 0. The van der Waals surface area contributed by atoms with Gasteiger partial charge in [0.15, 0.2) is 0 Å².